The lowest BCUT2D eigenvalue weighted by Gasteiger charge is -2.12. The molecule has 1 aromatic heterocycles. The van der Waals surface area contributed by atoms with Crippen molar-refractivity contribution >= 4 is 34.7 Å². The number of hydrogen-bond acceptors (Lipinski definition) is 5. The van der Waals surface area contributed by atoms with Crippen molar-refractivity contribution < 1.29 is 4.79 Å². The van der Waals surface area contributed by atoms with Crippen LogP contribution in [-0.2, 0) is 4.79 Å². The predicted octanol–water partition coefficient (Wildman–Crippen LogP) is 2.83. The highest BCUT2D eigenvalue weighted by Crippen LogP contribution is 2.24. The van der Waals surface area contributed by atoms with Crippen LogP contribution in [0.25, 0.3) is 10.6 Å². The first-order chi connectivity index (χ1) is 9.70. The minimum atomic E-state index is -0.467. The zero-order chi connectivity index (χ0) is 14.4. The van der Waals surface area contributed by atoms with E-state index in [2.05, 4.69) is 10.3 Å². The number of hydrogen-bond donors (Lipinski definition) is 2. The number of benzene rings is 1. The number of nitrogens with two attached hydrogens (primary N) is 1. The van der Waals surface area contributed by atoms with Gasteiger partial charge in [-0.25, -0.2) is 4.98 Å². The SMILES string of the molecule is CSCC[C@@H](N)C(=O)Nc1cccc(-c2nccs2)c1. The third kappa shape index (κ3) is 4.06. The van der Waals surface area contributed by atoms with Gasteiger partial charge in [0, 0.05) is 22.8 Å². The van der Waals surface area contributed by atoms with E-state index in [4.69, 9.17) is 5.73 Å². The lowest BCUT2D eigenvalue weighted by molar-refractivity contribution is -0.117. The molecule has 3 N–H and O–H groups in total. The van der Waals surface area contributed by atoms with Crippen LogP contribution in [0.4, 0.5) is 5.69 Å². The number of carbonyl (C=O) groups excluding carboxylic acids is 1. The third-order valence-electron chi connectivity index (χ3n) is 2.78. The third-order valence-corrected chi connectivity index (χ3v) is 4.25. The summed E-state index contributed by atoms with van der Waals surface area (Å²) in [6, 6.07) is 7.18. The fraction of sp³-hybridized carbons (Fsp3) is 0.286. The summed E-state index contributed by atoms with van der Waals surface area (Å²) >= 11 is 3.26. The zero-order valence-corrected chi connectivity index (χ0v) is 12.8. The minimum Gasteiger partial charge on any atom is -0.325 e. The quantitative estimate of drug-likeness (QED) is 0.861. The van der Waals surface area contributed by atoms with E-state index in [0.29, 0.717) is 6.42 Å². The molecular weight excluding hydrogens is 290 g/mol. The number of aromatic nitrogens is 1. The Balaban J connectivity index is 2.03. The Morgan fingerprint density at radius 3 is 3.10 bits per heavy atom. The molecule has 0 unspecified atom stereocenters. The maximum absolute atomic E-state index is 12.0. The lowest BCUT2D eigenvalue weighted by atomic mass is 10.2. The van der Waals surface area contributed by atoms with Gasteiger partial charge in [0.2, 0.25) is 5.91 Å². The van der Waals surface area contributed by atoms with Crippen molar-refractivity contribution in [1.29, 1.82) is 0 Å². The van der Waals surface area contributed by atoms with Crippen molar-refractivity contribution in [2.75, 3.05) is 17.3 Å². The molecule has 0 aliphatic rings. The fourth-order valence-electron chi connectivity index (χ4n) is 1.71. The summed E-state index contributed by atoms with van der Waals surface area (Å²) in [5.74, 6) is 0.739. The normalized spacial score (nSPS) is 12.1. The fourth-order valence-corrected chi connectivity index (χ4v) is 2.83. The van der Waals surface area contributed by atoms with E-state index in [9.17, 15) is 4.79 Å². The van der Waals surface area contributed by atoms with Crippen molar-refractivity contribution in [2.24, 2.45) is 5.73 Å². The molecule has 1 atom stereocenters. The van der Waals surface area contributed by atoms with Crippen LogP contribution in [0.2, 0.25) is 0 Å². The summed E-state index contributed by atoms with van der Waals surface area (Å²) < 4.78 is 0. The van der Waals surface area contributed by atoms with Gasteiger partial charge in [-0.1, -0.05) is 12.1 Å². The van der Waals surface area contributed by atoms with Gasteiger partial charge in [0.1, 0.15) is 5.01 Å². The molecule has 106 valence electrons. The molecule has 0 saturated carbocycles. The second-order valence-electron chi connectivity index (χ2n) is 4.30. The number of nitrogens with zero attached hydrogens (tertiary/aromatic N) is 1. The molecule has 2 rings (SSSR count). The molecule has 1 amide bonds. The van der Waals surface area contributed by atoms with Crippen molar-refractivity contribution in [2.45, 2.75) is 12.5 Å². The van der Waals surface area contributed by atoms with E-state index in [1.165, 1.54) is 0 Å². The number of carbonyl (C=O) groups is 1. The van der Waals surface area contributed by atoms with Crippen LogP contribution in [0.1, 0.15) is 6.42 Å². The Labute approximate surface area is 126 Å². The van der Waals surface area contributed by atoms with E-state index in [1.807, 2.05) is 35.9 Å². The van der Waals surface area contributed by atoms with Crippen LogP contribution in [0.5, 0.6) is 0 Å². The first-order valence-electron chi connectivity index (χ1n) is 6.26. The van der Waals surface area contributed by atoms with Crippen LogP contribution in [0.3, 0.4) is 0 Å². The second-order valence-corrected chi connectivity index (χ2v) is 6.18. The van der Waals surface area contributed by atoms with E-state index in [0.717, 1.165) is 22.0 Å². The van der Waals surface area contributed by atoms with Gasteiger partial charge in [-0.2, -0.15) is 11.8 Å². The van der Waals surface area contributed by atoms with Crippen molar-refractivity contribution in [3.63, 3.8) is 0 Å². The van der Waals surface area contributed by atoms with Crippen LogP contribution in [0, 0.1) is 0 Å². The summed E-state index contributed by atoms with van der Waals surface area (Å²) in [5, 5.41) is 5.72. The molecule has 1 heterocycles. The molecule has 20 heavy (non-hydrogen) atoms. The summed E-state index contributed by atoms with van der Waals surface area (Å²) in [6.07, 6.45) is 4.45. The van der Waals surface area contributed by atoms with Gasteiger partial charge in [0.05, 0.1) is 6.04 Å². The molecule has 4 nitrogen and oxygen atoms in total. The van der Waals surface area contributed by atoms with Gasteiger partial charge in [-0.15, -0.1) is 11.3 Å². The van der Waals surface area contributed by atoms with Crippen LogP contribution in [-0.4, -0.2) is 28.9 Å². The number of nitrogens with one attached hydrogen (secondary N) is 1. The molecule has 2 aromatic rings. The van der Waals surface area contributed by atoms with Crippen LogP contribution < -0.4 is 11.1 Å². The largest absolute Gasteiger partial charge is 0.325 e. The summed E-state index contributed by atoms with van der Waals surface area (Å²) in [7, 11) is 0. The molecule has 0 saturated heterocycles. The monoisotopic (exact) mass is 307 g/mol. The number of amides is 1. The van der Waals surface area contributed by atoms with E-state index in [-0.39, 0.29) is 5.91 Å². The number of rotatable bonds is 6. The van der Waals surface area contributed by atoms with Gasteiger partial charge < -0.3 is 11.1 Å². The molecule has 0 radical (unpaired) electrons. The van der Waals surface area contributed by atoms with E-state index >= 15 is 0 Å². The maximum atomic E-state index is 12.0. The summed E-state index contributed by atoms with van der Waals surface area (Å²) in [4.78, 5) is 16.2. The first-order valence-corrected chi connectivity index (χ1v) is 8.53. The van der Waals surface area contributed by atoms with Gasteiger partial charge in [0.15, 0.2) is 0 Å². The Hall–Kier alpha value is -1.37. The highest BCUT2D eigenvalue weighted by atomic mass is 32.2. The number of thioether (sulfide) groups is 1. The molecule has 0 aliphatic heterocycles. The smallest absolute Gasteiger partial charge is 0.241 e. The molecule has 0 aliphatic carbocycles. The van der Waals surface area contributed by atoms with E-state index in [1.54, 1.807) is 29.3 Å². The first kappa shape index (κ1) is 15.0. The summed E-state index contributed by atoms with van der Waals surface area (Å²) in [6.45, 7) is 0. The van der Waals surface area contributed by atoms with Gasteiger partial charge >= 0.3 is 0 Å². The zero-order valence-electron chi connectivity index (χ0n) is 11.2. The number of thiazole rings is 1. The standard InChI is InChI=1S/C14H17N3OS2/c1-19-7-5-12(15)13(18)17-11-4-2-3-10(9-11)14-16-6-8-20-14/h2-4,6,8-9,12H,5,7,15H2,1H3,(H,17,18)/t12-/m1/s1. The molecule has 6 heteroatoms. The highest BCUT2D eigenvalue weighted by Gasteiger charge is 2.13. The Bertz CT molecular complexity index is 557. The van der Waals surface area contributed by atoms with E-state index < -0.39 is 6.04 Å². The topological polar surface area (TPSA) is 68.0 Å². The second kappa shape index (κ2) is 7.42. The number of anilines is 1. The highest BCUT2D eigenvalue weighted by molar-refractivity contribution is 7.98. The van der Waals surface area contributed by atoms with Gasteiger partial charge in [0.25, 0.3) is 0 Å². The Morgan fingerprint density at radius 1 is 1.55 bits per heavy atom. The molecule has 0 fully saturated rings. The van der Waals surface area contributed by atoms with Gasteiger partial charge in [-0.05, 0) is 30.6 Å². The maximum Gasteiger partial charge on any atom is 0.241 e. The van der Waals surface area contributed by atoms with Gasteiger partial charge in [-0.3, -0.25) is 4.79 Å². The molecule has 0 spiro atoms. The Morgan fingerprint density at radius 2 is 2.40 bits per heavy atom. The average Bonchev–Trinajstić information content (AvgIpc) is 2.99. The Kier molecular flexibility index (Phi) is 5.58. The van der Waals surface area contributed by atoms with Crippen molar-refractivity contribution in [3.05, 3.63) is 35.8 Å². The molecule has 0 bridgehead atoms. The van der Waals surface area contributed by atoms with Crippen LogP contribution >= 0.6 is 23.1 Å². The average molecular weight is 307 g/mol. The predicted molar refractivity (Wildman–Crippen MR) is 87.2 cm³/mol. The molecule has 1 aromatic carbocycles. The lowest BCUT2D eigenvalue weighted by Crippen LogP contribution is -2.36. The summed E-state index contributed by atoms with van der Waals surface area (Å²) in [5.41, 5.74) is 7.60. The molecular formula is C14H17N3OS2. The van der Waals surface area contributed by atoms with Crippen molar-refractivity contribution in [1.82, 2.24) is 4.98 Å². The van der Waals surface area contributed by atoms with Crippen LogP contribution in [0.15, 0.2) is 35.8 Å². The minimum absolute atomic E-state index is 0.143. The van der Waals surface area contributed by atoms with Crippen molar-refractivity contribution in [3.8, 4) is 10.6 Å².